The molecule has 0 saturated heterocycles. The lowest BCUT2D eigenvalue weighted by Gasteiger charge is -2.23. The maximum atomic E-state index is 5.36. The Morgan fingerprint density at radius 2 is 1.05 bits per heavy atom. The summed E-state index contributed by atoms with van der Waals surface area (Å²) in [5.41, 5.74) is 15.9. The average molecular weight is 950 g/mol. The molecule has 5 heteroatoms. The molecule has 0 spiro atoms. The Labute approximate surface area is 431 Å². The first-order valence-electron chi connectivity index (χ1n) is 25.1. The summed E-state index contributed by atoms with van der Waals surface area (Å²) in [5.74, 6) is 1.80. The van der Waals surface area contributed by atoms with E-state index in [1.807, 2.05) is 30.4 Å². The standard InChI is InChI=1S/C69H51N5/c1-4-7-8-12-28-54-45-55(69-71-67(52-39-35-49(36-40-52)47(6-3)23-5-2)70-68(72-69)53-41-37-50(38-42-53)48-24-13-9-14-25-48)46-59(51-26-15-10-16-27-51)66(54)74-61-34-22-20-32-58(61)65-63(74)44-43-62-64(65)57-31-19-21-33-60(57)73(62)56-29-17-11-18-30-56/h4-26,28-46,51H,1-3,27H2/b8-7-,28-12+,47-23+. The summed E-state index contributed by atoms with van der Waals surface area (Å²) in [5, 5.41) is 4.85. The molecule has 0 bridgehead atoms. The van der Waals surface area contributed by atoms with Crippen molar-refractivity contribution in [3.63, 3.8) is 0 Å². The average Bonchev–Trinajstić information content (AvgIpc) is 3.99. The fraction of sp³-hybridized carbons (Fsp3) is 0.0290. The van der Waals surface area contributed by atoms with E-state index in [1.165, 1.54) is 32.6 Å². The minimum absolute atomic E-state index is 0.0484. The van der Waals surface area contributed by atoms with E-state index in [2.05, 4.69) is 241 Å². The van der Waals surface area contributed by atoms with Crippen LogP contribution < -0.4 is 0 Å². The summed E-state index contributed by atoms with van der Waals surface area (Å²) in [6.45, 7) is 11.9. The second-order valence-corrected chi connectivity index (χ2v) is 18.4. The Hall–Kier alpha value is -9.71. The third-order valence-corrected chi connectivity index (χ3v) is 14.0. The van der Waals surface area contributed by atoms with Crippen molar-refractivity contribution < 1.29 is 0 Å². The second-order valence-electron chi connectivity index (χ2n) is 18.4. The van der Waals surface area contributed by atoms with Crippen LogP contribution >= 0.6 is 0 Å². The molecule has 0 fully saturated rings. The van der Waals surface area contributed by atoms with Crippen LogP contribution in [0, 0.1) is 0 Å². The molecule has 1 aliphatic rings. The van der Waals surface area contributed by atoms with Crippen LogP contribution in [-0.2, 0) is 0 Å². The summed E-state index contributed by atoms with van der Waals surface area (Å²) < 4.78 is 4.90. The maximum Gasteiger partial charge on any atom is 0.164 e. The third kappa shape index (κ3) is 8.26. The molecule has 352 valence electrons. The molecular weight excluding hydrogens is 899 g/mol. The lowest BCUT2D eigenvalue weighted by atomic mass is 9.87. The van der Waals surface area contributed by atoms with Crippen LogP contribution in [0.3, 0.4) is 0 Å². The Morgan fingerprint density at radius 3 is 1.68 bits per heavy atom. The van der Waals surface area contributed by atoms with E-state index in [9.17, 15) is 0 Å². The number of para-hydroxylation sites is 3. The van der Waals surface area contributed by atoms with Gasteiger partial charge in [-0.05, 0) is 88.3 Å². The van der Waals surface area contributed by atoms with Gasteiger partial charge in [0.25, 0.3) is 0 Å². The van der Waals surface area contributed by atoms with E-state index >= 15 is 0 Å². The minimum Gasteiger partial charge on any atom is -0.309 e. The van der Waals surface area contributed by atoms with Crippen molar-refractivity contribution in [2.24, 2.45) is 0 Å². The zero-order valence-electron chi connectivity index (χ0n) is 40.9. The van der Waals surface area contributed by atoms with Gasteiger partial charge in [-0.2, -0.15) is 0 Å². The molecule has 1 atom stereocenters. The topological polar surface area (TPSA) is 48.5 Å². The highest BCUT2D eigenvalue weighted by molar-refractivity contribution is 6.29. The van der Waals surface area contributed by atoms with Crippen molar-refractivity contribution in [2.75, 3.05) is 0 Å². The van der Waals surface area contributed by atoms with E-state index < -0.39 is 0 Å². The normalized spacial score (nSPS) is 13.8. The smallest absolute Gasteiger partial charge is 0.164 e. The molecule has 0 radical (unpaired) electrons. The predicted octanol–water partition coefficient (Wildman–Crippen LogP) is 17.8. The quantitative estimate of drug-likeness (QED) is 0.108. The summed E-state index contributed by atoms with van der Waals surface area (Å²) >= 11 is 0. The van der Waals surface area contributed by atoms with Crippen LogP contribution in [-0.4, -0.2) is 24.1 Å². The highest BCUT2D eigenvalue weighted by Crippen LogP contribution is 2.45. The largest absolute Gasteiger partial charge is 0.309 e. The molecule has 12 rings (SSSR count). The Bertz CT molecular complexity index is 4120. The third-order valence-electron chi connectivity index (χ3n) is 14.0. The first kappa shape index (κ1) is 45.4. The molecule has 3 aromatic heterocycles. The van der Waals surface area contributed by atoms with Crippen LogP contribution in [0.25, 0.3) is 112 Å². The summed E-state index contributed by atoms with van der Waals surface area (Å²) in [6, 6.07) is 64.8. The van der Waals surface area contributed by atoms with Crippen molar-refractivity contribution in [1.29, 1.82) is 0 Å². The van der Waals surface area contributed by atoms with Gasteiger partial charge in [0, 0.05) is 49.8 Å². The number of rotatable bonds is 13. The number of allylic oxidation sites excluding steroid dienone is 12. The van der Waals surface area contributed by atoms with Crippen LogP contribution in [0.2, 0.25) is 0 Å². The summed E-state index contributed by atoms with van der Waals surface area (Å²) in [4.78, 5) is 15.9. The van der Waals surface area contributed by atoms with Crippen molar-refractivity contribution in [3.8, 4) is 56.7 Å². The summed E-state index contributed by atoms with van der Waals surface area (Å²) in [6.07, 6.45) is 25.4. The number of fused-ring (bicyclic) bond motifs is 7. The van der Waals surface area contributed by atoms with E-state index in [0.717, 1.165) is 78.9 Å². The van der Waals surface area contributed by atoms with Gasteiger partial charge in [-0.1, -0.05) is 226 Å². The van der Waals surface area contributed by atoms with Crippen LogP contribution in [0.5, 0.6) is 0 Å². The first-order chi connectivity index (χ1) is 36.6. The number of hydrogen-bond acceptors (Lipinski definition) is 3. The van der Waals surface area contributed by atoms with E-state index in [-0.39, 0.29) is 5.92 Å². The fourth-order valence-corrected chi connectivity index (χ4v) is 10.6. The van der Waals surface area contributed by atoms with Gasteiger partial charge in [-0.3, -0.25) is 0 Å². The zero-order valence-corrected chi connectivity index (χ0v) is 40.9. The van der Waals surface area contributed by atoms with Gasteiger partial charge in [-0.15, -0.1) is 0 Å². The van der Waals surface area contributed by atoms with Gasteiger partial charge < -0.3 is 9.13 Å². The Morgan fingerprint density at radius 1 is 0.486 bits per heavy atom. The fourth-order valence-electron chi connectivity index (χ4n) is 10.6. The predicted molar refractivity (Wildman–Crippen MR) is 313 cm³/mol. The van der Waals surface area contributed by atoms with Crippen molar-refractivity contribution in [2.45, 2.75) is 12.3 Å². The van der Waals surface area contributed by atoms with Gasteiger partial charge in [0.1, 0.15) is 0 Å². The molecule has 0 amide bonds. The Kier molecular flexibility index (Phi) is 12.2. The highest BCUT2D eigenvalue weighted by atomic mass is 15.0. The van der Waals surface area contributed by atoms with E-state index in [1.54, 1.807) is 12.2 Å². The van der Waals surface area contributed by atoms with E-state index in [0.29, 0.717) is 17.5 Å². The SMILES string of the molecule is C=C/C=C\C=C\c1cc(-c2nc(-c3ccc(/C(C=C)=C/C=C)cc3)nc(-c3ccc(-c4ccccc4)cc3)n2)cc(C2C=CC=CC2)c1-n1c2ccccc2c2c3c4ccccc4n(-c4ccccc4)c3ccc21. The monoisotopic (exact) mass is 949 g/mol. The molecule has 0 N–H and O–H groups in total. The lowest BCUT2D eigenvalue weighted by molar-refractivity contribution is 0.842. The van der Waals surface area contributed by atoms with Gasteiger partial charge >= 0.3 is 0 Å². The van der Waals surface area contributed by atoms with Gasteiger partial charge in [0.2, 0.25) is 0 Å². The number of benzene rings is 8. The maximum absolute atomic E-state index is 5.36. The van der Waals surface area contributed by atoms with Gasteiger partial charge in [0.05, 0.1) is 27.8 Å². The zero-order chi connectivity index (χ0) is 50.0. The number of hydrogen-bond donors (Lipinski definition) is 0. The molecule has 1 aliphatic carbocycles. The number of nitrogens with zero attached hydrogens (tertiary/aromatic N) is 5. The second kappa shape index (κ2) is 19.8. The molecule has 1 unspecified atom stereocenters. The molecule has 0 aliphatic heterocycles. The van der Waals surface area contributed by atoms with E-state index in [4.69, 9.17) is 15.0 Å². The van der Waals surface area contributed by atoms with Crippen molar-refractivity contribution >= 4 is 55.3 Å². The lowest BCUT2D eigenvalue weighted by Crippen LogP contribution is -2.08. The molecule has 0 saturated carbocycles. The molecule has 74 heavy (non-hydrogen) atoms. The molecule has 5 nitrogen and oxygen atoms in total. The van der Waals surface area contributed by atoms with Crippen LogP contribution in [0.1, 0.15) is 29.0 Å². The van der Waals surface area contributed by atoms with Crippen molar-refractivity contribution in [3.05, 3.63) is 285 Å². The molecule has 8 aromatic carbocycles. The molecular formula is C69H51N5. The highest BCUT2D eigenvalue weighted by Gasteiger charge is 2.26. The van der Waals surface area contributed by atoms with Crippen LogP contribution in [0.4, 0.5) is 0 Å². The first-order valence-corrected chi connectivity index (χ1v) is 25.1. The Balaban J connectivity index is 1.12. The van der Waals surface area contributed by atoms with Gasteiger partial charge in [-0.25, -0.2) is 15.0 Å². The minimum atomic E-state index is 0.0484. The summed E-state index contributed by atoms with van der Waals surface area (Å²) in [7, 11) is 0. The van der Waals surface area contributed by atoms with Crippen LogP contribution in [0.15, 0.2) is 269 Å². The van der Waals surface area contributed by atoms with Crippen molar-refractivity contribution in [1.82, 2.24) is 24.1 Å². The van der Waals surface area contributed by atoms with Gasteiger partial charge in [0.15, 0.2) is 17.5 Å². The number of aromatic nitrogens is 5. The molecule has 3 heterocycles. The molecule has 11 aromatic rings.